The summed E-state index contributed by atoms with van der Waals surface area (Å²) in [6, 6.07) is 0. The Labute approximate surface area is 183 Å². The number of ether oxygens (including phenoxy) is 1. The number of rotatable bonds is 14. The Kier molecular flexibility index (Phi) is 18.7. The van der Waals surface area contributed by atoms with E-state index in [0.29, 0.717) is 18.4 Å². The van der Waals surface area contributed by atoms with E-state index in [0.717, 1.165) is 18.8 Å². The monoisotopic (exact) mass is 408 g/mol. The Morgan fingerprint density at radius 1 is 0.931 bits per heavy atom. The van der Waals surface area contributed by atoms with Gasteiger partial charge in [0.05, 0.1) is 6.61 Å². The van der Waals surface area contributed by atoms with E-state index in [1.54, 1.807) is 0 Å². The van der Waals surface area contributed by atoms with Gasteiger partial charge >= 0.3 is 5.97 Å². The minimum absolute atomic E-state index is 0.0430. The molecule has 0 bridgehead atoms. The van der Waals surface area contributed by atoms with Gasteiger partial charge in [0.15, 0.2) is 0 Å². The van der Waals surface area contributed by atoms with Gasteiger partial charge in [0.1, 0.15) is 0 Å². The van der Waals surface area contributed by atoms with Crippen LogP contribution in [0.2, 0.25) is 0 Å². The van der Waals surface area contributed by atoms with Crippen molar-refractivity contribution in [1.82, 2.24) is 0 Å². The van der Waals surface area contributed by atoms with Crippen molar-refractivity contribution in [3.63, 3.8) is 0 Å². The fourth-order valence-electron chi connectivity index (χ4n) is 4.30. The van der Waals surface area contributed by atoms with Crippen LogP contribution in [0.15, 0.2) is 12.2 Å². The van der Waals surface area contributed by atoms with Crippen LogP contribution in [0.25, 0.3) is 0 Å². The molecule has 1 aliphatic carbocycles. The molecule has 2 nitrogen and oxygen atoms in total. The first-order valence-electron chi connectivity index (χ1n) is 12.7. The van der Waals surface area contributed by atoms with Crippen LogP contribution in [0.3, 0.4) is 0 Å². The minimum Gasteiger partial charge on any atom is -0.466 e. The van der Waals surface area contributed by atoms with Gasteiger partial charge in [-0.3, -0.25) is 4.79 Å². The predicted molar refractivity (Wildman–Crippen MR) is 128 cm³/mol. The molecule has 1 fully saturated rings. The van der Waals surface area contributed by atoms with Crippen LogP contribution in [-0.2, 0) is 9.53 Å². The van der Waals surface area contributed by atoms with Crippen molar-refractivity contribution < 1.29 is 9.53 Å². The summed E-state index contributed by atoms with van der Waals surface area (Å²) in [4.78, 5) is 11.1. The summed E-state index contributed by atoms with van der Waals surface area (Å²) in [6.45, 7) is 11.8. The number of esters is 1. The van der Waals surface area contributed by atoms with E-state index in [4.69, 9.17) is 4.74 Å². The van der Waals surface area contributed by atoms with E-state index < -0.39 is 0 Å². The molecule has 172 valence electrons. The zero-order valence-electron chi connectivity index (χ0n) is 20.6. The van der Waals surface area contributed by atoms with E-state index in [-0.39, 0.29) is 5.97 Å². The first kappa shape index (κ1) is 28.2. The third kappa shape index (κ3) is 20.3. The van der Waals surface area contributed by atoms with E-state index in [1.165, 1.54) is 83.5 Å². The maximum Gasteiger partial charge on any atom is 0.305 e. The van der Waals surface area contributed by atoms with Crippen LogP contribution >= 0.6 is 0 Å². The highest BCUT2D eigenvalue weighted by Gasteiger charge is 2.24. The average Bonchev–Trinajstić information content (AvgIpc) is 2.65. The molecule has 29 heavy (non-hydrogen) atoms. The Hall–Kier alpha value is -0.790. The van der Waals surface area contributed by atoms with E-state index in [2.05, 4.69) is 39.8 Å². The van der Waals surface area contributed by atoms with Crippen LogP contribution in [-0.4, -0.2) is 12.6 Å². The van der Waals surface area contributed by atoms with Gasteiger partial charge in [0.2, 0.25) is 0 Å². The molecule has 0 N–H and O–H groups in total. The highest BCUT2D eigenvalue weighted by atomic mass is 16.5. The molecule has 0 radical (unpaired) electrons. The van der Waals surface area contributed by atoms with E-state index >= 15 is 0 Å². The lowest BCUT2D eigenvalue weighted by molar-refractivity contribution is -0.143. The summed E-state index contributed by atoms with van der Waals surface area (Å²) >= 11 is 0. The molecular weight excluding hydrogens is 356 g/mol. The molecule has 0 amide bonds. The molecule has 0 aromatic rings. The third-order valence-corrected chi connectivity index (χ3v) is 5.90. The Morgan fingerprint density at radius 2 is 1.52 bits per heavy atom. The van der Waals surface area contributed by atoms with Gasteiger partial charge in [-0.15, -0.1) is 0 Å². The number of hydrogen-bond donors (Lipinski definition) is 0. The van der Waals surface area contributed by atoms with Gasteiger partial charge < -0.3 is 4.74 Å². The lowest BCUT2D eigenvalue weighted by Gasteiger charge is -2.33. The summed E-state index contributed by atoms with van der Waals surface area (Å²) < 4.78 is 4.90. The van der Waals surface area contributed by atoms with E-state index in [1.807, 2.05) is 6.92 Å². The van der Waals surface area contributed by atoms with Crippen molar-refractivity contribution in [3.8, 4) is 0 Å². The average molecular weight is 409 g/mol. The van der Waals surface area contributed by atoms with Gasteiger partial charge in [0.25, 0.3) is 0 Å². The summed E-state index contributed by atoms with van der Waals surface area (Å²) in [6.07, 6.45) is 24.9. The summed E-state index contributed by atoms with van der Waals surface area (Å²) in [5.41, 5.74) is 0.650. The van der Waals surface area contributed by atoms with Crippen molar-refractivity contribution in [2.24, 2.45) is 11.3 Å². The minimum atomic E-state index is -0.0430. The second kappa shape index (κ2) is 19.2. The molecule has 2 heteroatoms. The predicted octanol–water partition coefficient (Wildman–Crippen LogP) is 9.03. The van der Waals surface area contributed by atoms with Crippen LogP contribution in [0, 0.1) is 11.3 Å². The normalized spacial score (nSPS) is 18.3. The molecule has 1 saturated carbocycles. The van der Waals surface area contributed by atoms with Crippen LogP contribution < -0.4 is 0 Å². The van der Waals surface area contributed by atoms with Crippen LogP contribution in [0.5, 0.6) is 0 Å². The topological polar surface area (TPSA) is 26.3 Å². The summed E-state index contributed by atoms with van der Waals surface area (Å²) in [5.74, 6) is 0.937. The molecule has 0 aromatic heterocycles. The number of carbonyl (C=O) groups is 1. The van der Waals surface area contributed by atoms with Gasteiger partial charge in [-0.05, 0) is 63.2 Å². The summed E-state index contributed by atoms with van der Waals surface area (Å²) in [5, 5.41) is 0. The third-order valence-electron chi connectivity index (χ3n) is 5.90. The van der Waals surface area contributed by atoms with Gasteiger partial charge in [-0.2, -0.15) is 0 Å². The van der Waals surface area contributed by atoms with Crippen molar-refractivity contribution in [1.29, 1.82) is 0 Å². The number of hydrogen-bond acceptors (Lipinski definition) is 2. The molecule has 0 aliphatic heterocycles. The Bertz CT molecular complexity index is 397. The second-order valence-electron chi connectivity index (χ2n) is 9.80. The molecule has 0 saturated heterocycles. The van der Waals surface area contributed by atoms with Crippen LogP contribution in [0.4, 0.5) is 0 Å². The quantitative estimate of drug-likeness (QED) is 0.163. The SMILES string of the molecule is CC1CCCC(C)(C)C1.CCCCCCC=CCCCCCCCC(=O)OCC. The zero-order chi connectivity index (χ0) is 21.8. The lowest BCUT2D eigenvalue weighted by Crippen LogP contribution is -2.20. The largest absolute Gasteiger partial charge is 0.466 e. The Balaban J connectivity index is 0.000000717. The van der Waals surface area contributed by atoms with Gasteiger partial charge in [0, 0.05) is 6.42 Å². The fourth-order valence-corrected chi connectivity index (χ4v) is 4.30. The summed E-state index contributed by atoms with van der Waals surface area (Å²) in [7, 11) is 0. The Morgan fingerprint density at radius 3 is 2.03 bits per heavy atom. The standard InChI is InChI=1S/C18H34O2.C9H18/c1-3-5-6-7-8-9-10-11-12-13-14-15-16-17-18(19)20-4-2;1-8-5-4-6-9(2,3)7-8/h9-10H,3-8,11-17H2,1-2H3;8H,4-7H2,1-3H3. The molecular formula is C27H52O2. The molecule has 0 heterocycles. The van der Waals surface area contributed by atoms with Crippen molar-refractivity contribution >= 4 is 5.97 Å². The first-order chi connectivity index (χ1) is 13.9. The van der Waals surface area contributed by atoms with Crippen LogP contribution in [0.1, 0.15) is 137 Å². The maximum atomic E-state index is 11.1. The molecule has 1 atom stereocenters. The molecule has 1 aliphatic rings. The van der Waals surface area contributed by atoms with E-state index in [9.17, 15) is 4.79 Å². The highest BCUT2D eigenvalue weighted by molar-refractivity contribution is 5.69. The molecule has 1 rings (SSSR count). The number of carbonyl (C=O) groups excluding carboxylic acids is 1. The highest BCUT2D eigenvalue weighted by Crippen LogP contribution is 2.37. The van der Waals surface area contributed by atoms with Gasteiger partial charge in [-0.25, -0.2) is 0 Å². The van der Waals surface area contributed by atoms with Crippen molar-refractivity contribution in [2.75, 3.05) is 6.61 Å². The fraction of sp³-hybridized carbons (Fsp3) is 0.889. The van der Waals surface area contributed by atoms with Crippen molar-refractivity contribution in [3.05, 3.63) is 12.2 Å². The zero-order valence-corrected chi connectivity index (χ0v) is 20.6. The maximum absolute atomic E-state index is 11.1. The smallest absolute Gasteiger partial charge is 0.305 e. The van der Waals surface area contributed by atoms with Crippen molar-refractivity contribution in [2.45, 2.75) is 137 Å². The number of unbranched alkanes of at least 4 members (excludes halogenated alkanes) is 9. The molecule has 1 unspecified atom stereocenters. The second-order valence-corrected chi connectivity index (χ2v) is 9.80. The first-order valence-corrected chi connectivity index (χ1v) is 12.7. The number of allylic oxidation sites excluding steroid dienone is 2. The van der Waals surface area contributed by atoms with Gasteiger partial charge in [-0.1, -0.05) is 91.2 Å². The lowest BCUT2D eigenvalue weighted by atomic mass is 9.73. The molecule has 0 spiro atoms. The molecule has 0 aromatic carbocycles.